The van der Waals surface area contributed by atoms with Crippen LogP contribution in [0.2, 0.25) is 0 Å². The second kappa shape index (κ2) is 5.78. The Hall–Kier alpha value is -0.180. The van der Waals surface area contributed by atoms with Crippen LogP contribution in [0, 0.1) is 0 Å². The lowest BCUT2D eigenvalue weighted by molar-refractivity contribution is 0.407. The third-order valence-electron chi connectivity index (χ3n) is 3.45. The lowest BCUT2D eigenvalue weighted by Crippen LogP contribution is -2.42. The lowest BCUT2D eigenvalue weighted by Gasteiger charge is -2.25. The first-order valence-corrected chi connectivity index (χ1v) is 7.17. The van der Waals surface area contributed by atoms with Gasteiger partial charge in [-0.3, -0.25) is 4.99 Å². The Labute approximate surface area is 98.3 Å². The van der Waals surface area contributed by atoms with E-state index in [1.807, 2.05) is 11.8 Å². The quantitative estimate of drug-likeness (QED) is 0.779. The first-order chi connectivity index (χ1) is 7.19. The van der Waals surface area contributed by atoms with Crippen molar-refractivity contribution >= 4 is 16.9 Å². The third kappa shape index (κ3) is 3.13. The van der Waals surface area contributed by atoms with Gasteiger partial charge >= 0.3 is 0 Å². The Kier molecular flexibility index (Phi) is 4.97. The standard InChI is InChI=1S/C12H24N2S/c1-5-10(6-2)13-11-14-12(7-3,8-4)9-15-11/h10H,5-9H2,1-4H3,(H,13,14). The molecule has 2 nitrogen and oxygen atoms in total. The highest BCUT2D eigenvalue weighted by Gasteiger charge is 2.33. The van der Waals surface area contributed by atoms with Gasteiger partial charge in [0.15, 0.2) is 5.17 Å². The minimum atomic E-state index is 0.315. The van der Waals surface area contributed by atoms with Gasteiger partial charge in [-0.1, -0.05) is 39.5 Å². The van der Waals surface area contributed by atoms with Crippen LogP contribution < -0.4 is 5.32 Å². The summed E-state index contributed by atoms with van der Waals surface area (Å²) < 4.78 is 0. The van der Waals surface area contributed by atoms with Gasteiger partial charge in [0.25, 0.3) is 0 Å². The number of aliphatic imine (C=N–C) groups is 1. The normalized spacial score (nSPS) is 22.3. The van der Waals surface area contributed by atoms with E-state index in [9.17, 15) is 0 Å². The number of thioether (sulfide) groups is 1. The molecule has 0 amide bonds. The molecule has 1 fully saturated rings. The minimum Gasteiger partial charge on any atom is -0.359 e. The van der Waals surface area contributed by atoms with Crippen LogP contribution in [-0.4, -0.2) is 22.5 Å². The predicted octanol–water partition coefficient (Wildman–Crippen LogP) is 3.43. The fourth-order valence-electron chi connectivity index (χ4n) is 1.84. The van der Waals surface area contributed by atoms with Crippen molar-refractivity contribution in [2.45, 2.75) is 65.0 Å². The molecule has 0 bridgehead atoms. The van der Waals surface area contributed by atoms with E-state index in [2.05, 4.69) is 33.0 Å². The Bertz CT molecular complexity index is 218. The predicted molar refractivity (Wildman–Crippen MR) is 70.7 cm³/mol. The molecule has 1 aliphatic heterocycles. The van der Waals surface area contributed by atoms with Gasteiger partial charge in [-0.25, -0.2) is 0 Å². The van der Waals surface area contributed by atoms with Crippen LogP contribution in [0.5, 0.6) is 0 Å². The van der Waals surface area contributed by atoms with Gasteiger partial charge in [0.1, 0.15) is 0 Å². The molecule has 1 rings (SSSR count). The highest BCUT2D eigenvalue weighted by Crippen LogP contribution is 2.29. The topological polar surface area (TPSA) is 24.4 Å². The van der Waals surface area contributed by atoms with Gasteiger partial charge in [-0.15, -0.1) is 0 Å². The van der Waals surface area contributed by atoms with E-state index in [-0.39, 0.29) is 0 Å². The molecule has 0 atom stereocenters. The van der Waals surface area contributed by atoms with Crippen LogP contribution in [-0.2, 0) is 0 Å². The van der Waals surface area contributed by atoms with Gasteiger partial charge in [-0.2, -0.15) is 0 Å². The Morgan fingerprint density at radius 3 is 2.27 bits per heavy atom. The van der Waals surface area contributed by atoms with Crippen LogP contribution in [0.3, 0.4) is 0 Å². The average Bonchev–Trinajstić information content (AvgIpc) is 2.70. The Morgan fingerprint density at radius 1 is 1.27 bits per heavy atom. The van der Waals surface area contributed by atoms with Crippen molar-refractivity contribution < 1.29 is 0 Å². The molecular formula is C12H24N2S. The van der Waals surface area contributed by atoms with Gasteiger partial charge in [-0.05, 0) is 25.7 Å². The van der Waals surface area contributed by atoms with Gasteiger partial charge in [0, 0.05) is 11.3 Å². The van der Waals surface area contributed by atoms with Crippen molar-refractivity contribution in [3.8, 4) is 0 Å². The summed E-state index contributed by atoms with van der Waals surface area (Å²) in [6.45, 7) is 8.95. The summed E-state index contributed by atoms with van der Waals surface area (Å²) in [5, 5.41) is 4.79. The maximum absolute atomic E-state index is 4.77. The van der Waals surface area contributed by atoms with Crippen LogP contribution in [0.4, 0.5) is 0 Å². The van der Waals surface area contributed by atoms with Crippen LogP contribution in [0.15, 0.2) is 4.99 Å². The second-order valence-corrected chi connectivity index (χ2v) is 5.27. The first kappa shape index (κ1) is 12.9. The zero-order chi connectivity index (χ0) is 11.3. The Morgan fingerprint density at radius 2 is 1.87 bits per heavy atom. The van der Waals surface area contributed by atoms with Gasteiger partial charge in [0.05, 0.1) is 6.04 Å². The van der Waals surface area contributed by atoms with E-state index in [1.165, 1.54) is 23.8 Å². The zero-order valence-corrected chi connectivity index (χ0v) is 11.3. The summed E-state index contributed by atoms with van der Waals surface area (Å²) in [7, 11) is 0. The van der Waals surface area contributed by atoms with E-state index in [1.54, 1.807) is 0 Å². The zero-order valence-electron chi connectivity index (χ0n) is 10.5. The van der Waals surface area contributed by atoms with E-state index >= 15 is 0 Å². The number of hydrogen-bond donors (Lipinski definition) is 1. The molecule has 0 aromatic rings. The van der Waals surface area contributed by atoms with Crippen molar-refractivity contribution in [1.82, 2.24) is 5.32 Å². The summed E-state index contributed by atoms with van der Waals surface area (Å²) in [4.78, 5) is 4.77. The van der Waals surface area contributed by atoms with Gasteiger partial charge in [0.2, 0.25) is 0 Å². The molecule has 1 saturated heterocycles. The number of nitrogens with zero attached hydrogens (tertiary/aromatic N) is 1. The average molecular weight is 228 g/mol. The fourth-order valence-corrected chi connectivity index (χ4v) is 3.25. The van der Waals surface area contributed by atoms with Crippen molar-refractivity contribution in [3.63, 3.8) is 0 Å². The second-order valence-electron chi connectivity index (χ2n) is 4.31. The molecule has 1 heterocycles. The van der Waals surface area contributed by atoms with E-state index in [4.69, 9.17) is 4.99 Å². The largest absolute Gasteiger partial charge is 0.359 e. The fraction of sp³-hybridized carbons (Fsp3) is 0.917. The molecule has 0 unspecified atom stereocenters. The van der Waals surface area contributed by atoms with Crippen LogP contribution in [0.1, 0.15) is 53.4 Å². The lowest BCUT2D eigenvalue weighted by atomic mass is 9.96. The summed E-state index contributed by atoms with van der Waals surface area (Å²) in [5.41, 5.74) is 0.315. The molecule has 0 spiro atoms. The molecular weight excluding hydrogens is 204 g/mol. The van der Waals surface area contributed by atoms with Crippen molar-refractivity contribution in [2.75, 3.05) is 5.75 Å². The highest BCUT2D eigenvalue weighted by atomic mass is 32.2. The van der Waals surface area contributed by atoms with Crippen molar-refractivity contribution in [3.05, 3.63) is 0 Å². The van der Waals surface area contributed by atoms with Crippen molar-refractivity contribution in [1.29, 1.82) is 0 Å². The first-order valence-electron chi connectivity index (χ1n) is 6.18. The summed E-state index contributed by atoms with van der Waals surface area (Å²) in [6.07, 6.45) is 4.68. The van der Waals surface area contributed by atoms with E-state index < -0.39 is 0 Å². The molecule has 0 aliphatic carbocycles. The number of amidine groups is 1. The SMILES string of the molecule is CCC(CC)N=C1NC(CC)(CC)CS1. The van der Waals surface area contributed by atoms with Crippen LogP contribution >= 0.6 is 11.8 Å². The molecule has 0 saturated carbocycles. The van der Waals surface area contributed by atoms with E-state index in [0.717, 1.165) is 12.8 Å². The maximum atomic E-state index is 4.77. The van der Waals surface area contributed by atoms with Gasteiger partial charge < -0.3 is 5.32 Å². The summed E-state index contributed by atoms with van der Waals surface area (Å²) in [5.74, 6) is 1.18. The number of nitrogens with one attached hydrogen (secondary N) is 1. The Balaban J connectivity index is 2.61. The highest BCUT2D eigenvalue weighted by molar-refractivity contribution is 8.14. The monoisotopic (exact) mass is 228 g/mol. The summed E-state index contributed by atoms with van der Waals surface area (Å²) >= 11 is 1.90. The third-order valence-corrected chi connectivity index (χ3v) is 4.63. The molecule has 15 heavy (non-hydrogen) atoms. The van der Waals surface area contributed by atoms with Crippen molar-refractivity contribution in [2.24, 2.45) is 4.99 Å². The minimum absolute atomic E-state index is 0.315. The maximum Gasteiger partial charge on any atom is 0.157 e. The molecule has 1 aliphatic rings. The molecule has 1 N–H and O–H groups in total. The number of rotatable bonds is 5. The smallest absolute Gasteiger partial charge is 0.157 e. The molecule has 3 heteroatoms. The van der Waals surface area contributed by atoms with Crippen LogP contribution in [0.25, 0.3) is 0 Å². The molecule has 0 radical (unpaired) electrons. The van der Waals surface area contributed by atoms with E-state index in [0.29, 0.717) is 11.6 Å². The number of hydrogen-bond acceptors (Lipinski definition) is 2. The molecule has 88 valence electrons. The summed E-state index contributed by atoms with van der Waals surface area (Å²) in [6, 6.07) is 0.504. The molecule has 0 aromatic heterocycles. The molecule has 0 aromatic carbocycles.